The quantitative estimate of drug-likeness (QED) is 0.268. The Morgan fingerprint density at radius 2 is 2.08 bits per heavy atom. The van der Waals surface area contributed by atoms with Gasteiger partial charge in [0.05, 0.1) is 0 Å². The number of nitrogens with zero attached hydrogens (tertiary/aromatic N) is 2. The molecule has 0 aliphatic rings. The van der Waals surface area contributed by atoms with Crippen molar-refractivity contribution >= 4 is 34.2 Å². The maximum Gasteiger partial charge on any atom is 0.267 e. The third kappa shape index (κ3) is 6.89. The Morgan fingerprint density at radius 3 is 2.67 bits per heavy atom. The summed E-state index contributed by atoms with van der Waals surface area (Å²) in [6.07, 6.45) is 2.47. The Balaban J connectivity index is 2.52. The topological polar surface area (TPSA) is 68.2 Å². The zero-order valence-electron chi connectivity index (χ0n) is 14.5. The summed E-state index contributed by atoms with van der Waals surface area (Å²) in [7, 11) is 0. The molecule has 0 radical (unpaired) electrons. The van der Waals surface area contributed by atoms with Gasteiger partial charge in [-0.15, -0.1) is 0 Å². The van der Waals surface area contributed by atoms with Crippen LogP contribution in [0.5, 0.6) is 0 Å². The highest BCUT2D eigenvalue weighted by Gasteiger charge is 2.10. The first-order valence-electron chi connectivity index (χ1n) is 8.15. The van der Waals surface area contributed by atoms with E-state index in [1.165, 1.54) is 6.20 Å². The van der Waals surface area contributed by atoms with Crippen LogP contribution in [0.2, 0.25) is 0 Å². The molecule has 1 aromatic carbocycles. The van der Waals surface area contributed by atoms with Gasteiger partial charge in [-0.3, -0.25) is 4.79 Å². The first-order valence-corrected chi connectivity index (χ1v) is 9.23. The molecule has 0 saturated carbocycles. The van der Waals surface area contributed by atoms with E-state index < -0.39 is 5.91 Å². The summed E-state index contributed by atoms with van der Waals surface area (Å²) < 4.78 is 1.11. The zero-order valence-corrected chi connectivity index (χ0v) is 16.7. The Hall–Kier alpha value is -1.59. The average molecular weight is 440 g/mol. The molecule has 0 fully saturated rings. The van der Waals surface area contributed by atoms with E-state index in [-0.39, 0.29) is 5.57 Å². The first kappa shape index (κ1) is 20.5. The van der Waals surface area contributed by atoms with Gasteiger partial charge >= 0.3 is 0 Å². The fourth-order valence-electron chi connectivity index (χ4n) is 2.22. The number of aryl methyl sites for hydroxylation is 1. The second-order valence-corrected chi connectivity index (χ2v) is 6.66. The molecular weight excluding hydrogens is 415 g/mol. The lowest BCUT2D eigenvalue weighted by Crippen LogP contribution is -2.26. The van der Waals surface area contributed by atoms with Gasteiger partial charge in [0, 0.05) is 22.0 Å². The lowest BCUT2D eigenvalue weighted by molar-refractivity contribution is -0.112. The molecule has 0 aliphatic heterocycles. The standard InChI is InChI=1S/C18H25IN4O/c1-4-23(5-2)10-6-9-21-13-15(12-20)18(24)22-17-8-7-16(19)11-14(17)3/h7-8,11,13,21H,4-6,9-10H2,1-3H3,(H,22,24)/b15-13-. The summed E-state index contributed by atoms with van der Waals surface area (Å²) >= 11 is 2.22. The Labute approximate surface area is 158 Å². The molecule has 1 rings (SSSR count). The summed E-state index contributed by atoms with van der Waals surface area (Å²) in [5.74, 6) is -0.391. The number of carbonyl (C=O) groups is 1. The predicted molar refractivity (Wildman–Crippen MR) is 107 cm³/mol. The van der Waals surface area contributed by atoms with Crippen LogP contribution in [0.1, 0.15) is 25.8 Å². The van der Waals surface area contributed by atoms with Gasteiger partial charge in [0.15, 0.2) is 0 Å². The Morgan fingerprint density at radius 1 is 1.38 bits per heavy atom. The minimum absolute atomic E-state index is 0.0794. The highest BCUT2D eigenvalue weighted by molar-refractivity contribution is 14.1. The van der Waals surface area contributed by atoms with Crippen LogP contribution in [0.3, 0.4) is 0 Å². The summed E-state index contributed by atoms with van der Waals surface area (Å²) in [5, 5.41) is 15.0. The van der Waals surface area contributed by atoms with Crippen LogP contribution in [0.4, 0.5) is 5.69 Å². The fraction of sp³-hybridized carbons (Fsp3) is 0.444. The molecular formula is C18H25IN4O. The highest BCUT2D eigenvalue weighted by atomic mass is 127. The number of hydrogen-bond acceptors (Lipinski definition) is 4. The molecule has 0 bridgehead atoms. The van der Waals surface area contributed by atoms with Gasteiger partial charge in [0.2, 0.25) is 0 Å². The van der Waals surface area contributed by atoms with Gasteiger partial charge in [-0.05, 0) is 79.3 Å². The van der Waals surface area contributed by atoms with Gasteiger partial charge in [0.1, 0.15) is 11.6 Å². The van der Waals surface area contributed by atoms with Gasteiger partial charge in [-0.1, -0.05) is 13.8 Å². The maximum atomic E-state index is 12.2. The van der Waals surface area contributed by atoms with Crippen molar-refractivity contribution in [2.75, 3.05) is 31.5 Å². The second kappa shape index (κ2) is 11.0. The van der Waals surface area contributed by atoms with Gasteiger partial charge < -0.3 is 15.5 Å². The van der Waals surface area contributed by atoms with Crippen LogP contribution in [0.15, 0.2) is 30.0 Å². The number of amides is 1. The molecule has 0 heterocycles. The third-order valence-electron chi connectivity index (χ3n) is 3.74. The number of carbonyl (C=O) groups excluding carboxylic acids is 1. The van der Waals surface area contributed by atoms with Crippen molar-refractivity contribution in [1.82, 2.24) is 10.2 Å². The van der Waals surface area contributed by atoms with Crippen molar-refractivity contribution < 1.29 is 4.79 Å². The molecule has 0 saturated heterocycles. The number of hydrogen-bond donors (Lipinski definition) is 2. The zero-order chi connectivity index (χ0) is 17.9. The third-order valence-corrected chi connectivity index (χ3v) is 4.41. The number of anilines is 1. The van der Waals surface area contributed by atoms with E-state index in [1.807, 2.05) is 31.2 Å². The first-order chi connectivity index (χ1) is 11.5. The molecule has 24 heavy (non-hydrogen) atoms. The minimum Gasteiger partial charge on any atom is -0.390 e. The number of rotatable bonds is 9. The van der Waals surface area contributed by atoms with Crippen molar-refractivity contribution in [1.29, 1.82) is 5.26 Å². The second-order valence-electron chi connectivity index (χ2n) is 5.42. The minimum atomic E-state index is -0.391. The highest BCUT2D eigenvalue weighted by Crippen LogP contribution is 2.18. The van der Waals surface area contributed by atoms with Crippen LogP contribution >= 0.6 is 22.6 Å². The van der Waals surface area contributed by atoms with E-state index in [9.17, 15) is 10.1 Å². The van der Waals surface area contributed by atoms with Crippen LogP contribution in [0.25, 0.3) is 0 Å². The van der Waals surface area contributed by atoms with E-state index in [0.717, 1.165) is 47.4 Å². The number of nitriles is 1. The normalized spacial score (nSPS) is 11.2. The molecule has 0 aromatic heterocycles. The van der Waals surface area contributed by atoms with Crippen LogP contribution in [0, 0.1) is 21.8 Å². The molecule has 1 aromatic rings. The van der Waals surface area contributed by atoms with Gasteiger partial charge in [-0.2, -0.15) is 5.26 Å². The monoisotopic (exact) mass is 440 g/mol. The summed E-state index contributed by atoms with van der Waals surface area (Å²) in [6, 6.07) is 7.70. The van der Waals surface area contributed by atoms with E-state index in [4.69, 9.17) is 0 Å². The summed E-state index contributed by atoms with van der Waals surface area (Å²) in [5.41, 5.74) is 1.78. The number of halogens is 1. The number of nitrogens with one attached hydrogen (secondary N) is 2. The molecule has 1 amide bonds. The SMILES string of the molecule is CCN(CC)CCCN/C=C(/C#N)C(=O)Nc1ccc(I)cc1C. The Kier molecular flexibility index (Phi) is 9.42. The molecule has 2 N–H and O–H groups in total. The van der Waals surface area contributed by atoms with Crippen molar-refractivity contribution in [3.63, 3.8) is 0 Å². The van der Waals surface area contributed by atoms with Gasteiger partial charge in [-0.25, -0.2) is 0 Å². The van der Waals surface area contributed by atoms with Crippen molar-refractivity contribution in [2.45, 2.75) is 27.2 Å². The van der Waals surface area contributed by atoms with Crippen LogP contribution in [-0.4, -0.2) is 37.0 Å². The summed E-state index contributed by atoms with van der Waals surface area (Å²) in [6.45, 7) is 10.0. The molecule has 6 heteroatoms. The smallest absolute Gasteiger partial charge is 0.267 e. The van der Waals surface area contributed by atoms with E-state index >= 15 is 0 Å². The van der Waals surface area contributed by atoms with Crippen molar-refractivity contribution in [3.8, 4) is 6.07 Å². The summed E-state index contributed by atoms with van der Waals surface area (Å²) in [4.78, 5) is 14.5. The van der Waals surface area contributed by atoms with Crippen LogP contribution in [-0.2, 0) is 4.79 Å². The molecule has 0 unspecified atom stereocenters. The number of benzene rings is 1. The molecule has 5 nitrogen and oxygen atoms in total. The Bertz CT molecular complexity index is 618. The molecule has 0 aliphatic carbocycles. The van der Waals surface area contributed by atoms with E-state index in [1.54, 1.807) is 0 Å². The van der Waals surface area contributed by atoms with Crippen LogP contribution < -0.4 is 10.6 Å². The van der Waals surface area contributed by atoms with Crippen molar-refractivity contribution in [2.24, 2.45) is 0 Å². The fourth-order valence-corrected chi connectivity index (χ4v) is 2.87. The maximum absolute atomic E-state index is 12.2. The lowest BCUT2D eigenvalue weighted by atomic mass is 10.2. The largest absolute Gasteiger partial charge is 0.390 e. The molecule has 0 spiro atoms. The average Bonchev–Trinajstić information content (AvgIpc) is 2.57. The van der Waals surface area contributed by atoms with E-state index in [2.05, 4.69) is 52.0 Å². The van der Waals surface area contributed by atoms with Crippen molar-refractivity contribution in [3.05, 3.63) is 39.1 Å². The van der Waals surface area contributed by atoms with E-state index in [0.29, 0.717) is 0 Å². The molecule has 0 atom stereocenters. The predicted octanol–water partition coefficient (Wildman–Crippen LogP) is 3.27. The van der Waals surface area contributed by atoms with Gasteiger partial charge in [0.25, 0.3) is 5.91 Å². The lowest BCUT2D eigenvalue weighted by Gasteiger charge is -2.17. The molecule has 130 valence electrons.